The SMILES string of the molecule is CN(Cc1ccoc1)CC(CBr)c1ccccc1. The molecule has 0 aliphatic heterocycles. The van der Waals surface area contributed by atoms with E-state index in [-0.39, 0.29) is 0 Å². The van der Waals surface area contributed by atoms with Crippen LogP contribution < -0.4 is 0 Å². The van der Waals surface area contributed by atoms with Gasteiger partial charge in [0.25, 0.3) is 0 Å². The van der Waals surface area contributed by atoms with Gasteiger partial charge in [-0.3, -0.25) is 0 Å². The lowest BCUT2D eigenvalue weighted by Crippen LogP contribution is -2.24. The molecule has 1 heterocycles. The third kappa shape index (κ3) is 3.72. The Hall–Kier alpha value is -1.06. The van der Waals surface area contributed by atoms with Crippen molar-refractivity contribution in [3.05, 3.63) is 60.1 Å². The molecule has 0 saturated carbocycles. The lowest BCUT2D eigenvalue weighted by Gasteiger charge is -2.22. The Morgan fingerprint density at radius 1 is 1.22 bits per heavy atom. The van der Waals surface area contributed by atoms with E-state index in [9.17, 15) is 0 Å². The summed E-state index contributed by atoms with van der Waals surface area (Å²) in [4.78, 5) is 2.32. The maximum atomic E-state index is 5.10. The molecule has 18 heavy (non-hydrogen) atoms. The molecule has 0 N–H and O–H groups in total. The summed E-state index contributed by atoms with van der Waals surface area (Å²) in [6.07, 6.45) is 3.53. The Balaban J connectivity index is 1.94. The molecule has 2 aromatic rings. The van der Waals surface area contributed by atoms with Gasteiger partial charge in [-0.15, -0.1) is 0 Å². The van der Waals surface area contributed by atoms with E-state index < -0.39 is 0 Å². The Morgan fingerprint density at radius 2 is 2.00 bits per heavy atom. The number of hydrogen-bond donors (Lipinski definition) is 0. The molecule has 0 saturated heterocycles. The predicted octanol–water partition coefficient (Wildman–Crippen LogP) is 3.89. The highest BCUT2D eigenvalue weighted by molar-refractivity contribution is 9.09. The van der Waals surface area contributed by atoms with Crippen molar-refractivity contribution in [1.82, 2.24) is 4.90 Å². The minimum Gasteiger partial charge on any atom is -0.472 e. The van der Waals surface area contributed by atoms with Crippen LogP contribution in [-0.2, 0) is 6.54 Å². The van der Waals surface area contributed by atoms with Gasteiger partial charge >= 0.3 is 0 Å². The minimum absolute atomic E-state index is 0.517. The van der Waals surface area contributed by atoms with Crippen LogP contribution >= 0.6 is 15.9 Å². The molecule has 1 unspecified atom stereocenters. The van der Waals surface area contributed by atoms with Crippen LogP contribution in [0.15, 0.2) is 53.3 Å². The fourth-order valence-electron chi connectivity index (χ4n) is 2.10. The summed E-state index contributed by atoms with van der Waals surface area (Å²) >= 11 is 3.61. The summed E-state index contributed by atoms with van der Waals surface area (Å²) in [6.45, 7) is 1.95. The molecule has 1 aromatic heterocycles. The maximum absolute atomic E-state index is 5.10. The zero-order chi connectivity index (χ0) is 12.8. The van der Waals surface area contributed by atoms with Crippen LogP contribution in [0.25, 0.3) is 0 Å². The Kier molecular flexibility index (Phi) is 5.02. The highest BCUT2D eigenvalue weighted by Gasteiger charge is 2.13. The van der Waals surface area contributed by atoms with E-state index in [1.807, 2.05) is 12.3 Å². The summed E-state index contributed by atoms with van der Waals surface area (Å²) in [5, 5.41) is 0.979. The van der Waals surface area contributed by atoms with Crippen LogP contribution in [-0.4, -0.2) is 23.8 Å². The van der Waals surface area contributed by atoms with Gasteiger partial charge in [-0.2, -0.15) is 0 Å². The van der Waals surface area contributed by atoms with Gasteiger partial charge < -0.3 is 9.32 Å². The van der Waals surface area contributed by atoms with Gasteiger partial charge in [0.1, 0.15) is 0 Å². The van der Waals surface area contributed by atoms with Gasteiger partial charge in [0, 0.05) is 29.9 Å². The Morgan fingerprint density at radius 3 is 2.61 bits per heavy atom. The number of furan rings is 1. The van der Waals surface area contributed by atoms with Crippen molar-refractivity contribution in [1.29, 1.82) is 0 Å². The molecule has 0 fully saturated rings. The number of rotatable bonds is 6. The van der Waals surface area contributed by atoms with Gasteiger partial charge in [-0.1, -0.05) is 46.3 Å². The maximum Gasteiger partial charge on any atom is 0.0947 e. The second kappa shape index (κ2) is 6.76. The molecule has 2 rings (SSSR count). The van der Waals surface area contributed by atoms with E-state index in [0.717, 1.165) is 18.4 Å². The van der Waals surface area contributed by atoms with Crippen LogP contribution in [0.5, 0.6) is 0 Å². The van der Waals surface area contributed by atoms with Gasteiger partial charge in [0.2, 0.25) is 0 Å². The Labute approximate surface area is 117 Å². The number of nitrogens with zero attached hydrogens (tertiary/aromatic N) is 1. The first-order valence-electron chi connectivity index (χ1n) is 6.10. The second-order valence-corrected chi connectivity index (χ2v) is 5.24. The zero-order valence-electron chi connectivity index (χ0n) is 10.6. The number of likely N-dealkylation sites (N-methyl/N-ethyl adjacent to an activating group) is 1. The fraction of sp³-hybridized carbons (Fsp3) is 0.333. The first kappa shape index (κ1) is 13.4. The molecule has 1 aromatic carbocycles. The molecule has 2 nitrogen and oxygen atoms in total. The average molecular weight is 308 g/mol. The highest BCUT2D eigenvalue weighted by atomic mass is 79.9. The van der Waals surface area contributed by atoms with Gasteiger partial charge in [0.15, 0.2) is 0 Å². The quantitative estimate of drug-likeness (QED) is 0.753. The molecule has 0 aliphatic carbocycles. The van der Waals surface area contributed by atoms with Crippen molar-refractivity contribution < 1.29 is 4.42 Å². The lowest BCUT2D eigenvalue weighted by molar-refractivity contribution is 0.310. The number of hydrogen-bond acceptors (Lipinski definition) is 2. The van der Waals surface area contributed by atoms with Crippen LogP contribution in [0.2, 0.25) is 0 Å². The topological polar surface area (TPSA) is 16.4 Å². The first-order valence-corrected chi connectivity index (χ1v) is 7.22. The fourth-order valence-corrected chi connectivity index (χ4v) is 2.68. The van der Waals surface area contributed by atoms with E-state index in [4.69, 9.17) is 4.42 Å². The predicted molar refractivity (Wildman–Crippen MR) is 78.0 cm³/mol. The Bertz CT molecular complexity index is 441. The van der Waals surface area contributed by atoms with E-state index in [1.54, 1.807) is 6.26 Å². The van der Waals surface area contributed by atoms with Crippen molar-refractivity contribution in [2.24, 2.45) is 0 Å². The van der Waals surface area contributed by atoms with Crippen LogP contribution in [0.1, 0.15) is 17.0 Å². The van der Waals surface area contributed by atoms with Crippen LogP contribution in [0.4, 0.5) is 0 Å². The van der Waals surface area contributed by atoms with E-state index in [2.05, 4.69) is 58.2 Å². The van der Waals surface area contributed by atoms with Gasteiger partial charge in [0.05, 0.1) is 12.5 Å². The molecular formula is C15H18BrNO. The molecule has 0 aliphatic rings. The van der Waals surface area contributed by atoms with Crippen LogP contribution in [0.3, 0.4) is 0 Å². The van der Waals surface area contributed by atoms with E-state index in [1.165, 1.54) is 11.1 Å². The highest BCUT2D eigenvalue weighted by Crippen LogP contribution is 2.19. The normalized spacial score (nSPS) is 12.8. The second-order valence-electron chi connectivity index (χ2n) is 4.59. The molecule has 3 heteroatoms. The summed E-state index contributed by atoms with van der Waals surface area (Å²) < 4.78 is 5.10. The molecule has 96 valence electrons. The first-order chi connectivity index (χ1) is 8.79. The summed E-state index contributed by atoms with van der Waals surface area (Å²) in [5.74, 6) is 0.517. The third-order valence-corrected chi connectivity index (χ3v) is 3.80. The van der Waals surface area contributed by atoms with Gasteiger partial charge in [-0.25, -0.2) is 0 Å². The number of alkyl halides is 1. The molecular weight excluding hydrogens is 290 g/mol. The van der Waals surface area contributed by atoms with Crippen molar-refractivity contribution in [2.45, 2.75) is 12.5 Å². The van der Waals surface area contributed by atoms with Crippen molar-refractivity contribution in [2.75, 3.05) is 18.9 Å². The van der Waals surface area contributed by atoms with Gasteiger partial charge in [-0.05, 0) is 18.7 Å². The van der Waals surface area contributed by atoms with Crippen molar-refractivity contribution >= 4 is 15.9 Å². The summed E-state index contributed by atoms with van der Waals surface area (Å²) in [6, 6.07) is 12.7. The van der Waals surface area contributed by atoms with Crippen LogP contribution in [0, 0.1) is 0 Å². The monoisotopic (exact) mass is 307 g/mol. The van der Waals surface area contributed by atoms with E-state index in [0.29, 0.717) is 5.92 Å². The number of halogens is 1. The largest absolute Gasteiger partial charge is 0.472 e. The zero-order valence-corrected chi connectivity index (χ0v) is 12.1. The third-order valence-electron chi connectivity index (χ3n) is 3.02. The minimum atomic E-state index is 0.517. The average Bonchev–Trinajstić information content (AvgIpc) is 2.90. The summed E-state index contributed by atoms with van der Waals surface area (Å²) in [7, 11) is 2.14. The molecule has 0 bridgehead atoms. The summed E-state index contributed by atoms with van der Waals surface area (Å²) in [5.41, 5.74) is 2.60. The molecule has 0 amide bonds. The molecule has 1 atom stereocenters. The van der Waals surface area contributed by atoms with E-state index >= 15 is 0 Å². The van der Waals surface area contributed by atoms with Crippen molar-refractivity contribution in [3.8, 4) is 0 Å². The standard InChI is InChI=1S/C15H18BrNO/c1-17(10-13-7-8-18-12-13)11-15(9-16)14-5-3-2-4-6-14/h2-8,12,15H,9-11H2,1H3. The number of benzene rings is 1. The van der Waals surface area contributed by atoms with Crippen molar-refractivity contribution in [3.63, 3.8) is 0 Å². The molecule has 0 radical (unpaired) electrons. The molecule has 0 spiro atoms. The smallest absolute Gasteiger partial charge is 0.0947 e. The lowest BCUT2D eigenvalue weighted by atomic mass is 10.0.